The van der Waals surface area contributed by atoms with Crippen LogP contribution in [0.1, 0.15) is 19.4 Å². The monoisotopic (exact) mass is 351 g/mol. The molecule has 5 nitrogen and oxygen atoms in total. The summed E-state index contributed by atoms with van der Waals surface area (Å²) in [6, 6.07) is 6.30. The van der Waals surface area contributed by atoms with E-state index in [-0.39, 0.29) is 16.1 Å². The van der Waals surface area contributed by atoms with Crippen molar-refractivity contribution >= 4 is 46.3 Å². The van der Waals surface area contributed by atoms with Crippen LogP contribution in [0.4, 0.5) is 0 Å². The summed E-state index contributed by atoms with van der Waals surface area (Å²) in [6.45, 7) is 3.51. The second kappa shape index (κ2) is 7.14. The molecular formula is C16H17NO4S2. The number of nitrogens with zero attached hydrogens (tertiary/aromatic N) is 1. The fraction of sp³-hybridized carbons (Fsp3) is 0.312. The summed E-state index contributed by atoms with van der Waals surface area (Å²) in [6.07, 6.45) is 1.70. The van der Waals surface area contributed by atoms with Crippen molar-refractivity contribution < 1.29 is 19.4 Å². The van der Waals surface area contributed by atoms with Crippen molar-refractivity contribution in [3.63, 3.8) is 0 Å². The smallest absolute Gasteiger partial charge is 0.327 e. The highest BCUT2D eigenvalue weighted by atomic mass is 32.2. The third-order valence-electron chi connectivity index (χ3n) is 3.38. The molecule has 0 aliphatic carbocycles. The molecule has 1 atom stereocenters. The first-order valence-corrected chi connectivity index (χ1v) is 8.21. The molecule has 1 saturated heterocycles. The highest BCUT2D eigenvalue weighted by molar-refractivity contribution is 8.26. The van der Waals surface area contributed by atoms with Crippen molar-refractivity contribution in [2.75, 3.05) is 7.11 Å². The average molecular weight is 351 g/mol. The van der Waals surface area contributed by atoms with Crippen LogP contribution in [0, 0.1) is 5.92 Å². The van der Waals surface area contributed by atoms with Gasteiger partial charge in [0.2, 0.25) is 0 Å². The molecule has 0 aromatic heterocycles. The molecule has 1 heterocycles. The number of thiocarbonyl (C=S) groups is 1. The second-order valence-corrected chi connectivity index (χ2v) is 7.03. The molecule has 1 aromatic carbocycles. The van der Waals surface area contributed by atoms with Crippen molar-refractivity contribution in [1.29, 1.82) is 0 Å². The number of carbonyl (C=O) groups excluding carboxylic acids is 1. The van der Waals surface area contributed by atoms with Crippen LogP contribution in [-0.2, 0) is 9.59 Å². The number of rotatable bonds is 5. The highest BCUT2D eigenvalue weighted by Gasteiger charge is 2.41. The van der Waals surface area contributed by atoms with Gasteiger partial charge < -0.3 is 9.84 Å². The fourth-order valence-corrected chi connectivity index (χ4v) is 3.63. The Bertz CT molecular complexity index is 684. The lowest BCUT2D eigenvalue weighted by Gasteiger charge is -2.26. The number of carboxylic acids is 1. The van der Waals surface area contributed by atoms with Gasteiger partial charge in [0.1, 0.15) is 16.1 Å². The van der Waals surface area contributed by atoms with E-state index in [1.54, 1.807) is 33.1 Å². The van der Waals surface area contributed by atoms with E-state index >= 15 is 0 Å². The van der Waals surface area contributed by atoms with Gasteiger partial charge in [0.15, 0.2) is 0 Å². The summed E-state index contributed by atoms with van der Waals surface area (Å²) >= 11 is 6.33. The Morgan fingerprint density at radius 1 is 1.43 bits per heavy atom. The molecule has 0 bridgehead atoms. The predicted molar refractivity (Wildman–Crippen MR) is 94.3 cm³/mol. The van der Waals surface area contributed by atoms with Crippen molar-refractivity contribution in [3.05, 3.63) is 34.7 Å². The number of carboxylic acid groups (broad SMARTS) is 1. The number of methoxy groups -OCH3 is 1. The van der Waals surface area contributed by atoms with Gasteiger partial charge in [-0.05, 0) is 29.7 Å². The van der Waals surface area contributed by atoms with Crippen molar-refractivity contribution in [2.45, 2.75) is 19.9 Å². The lowest BCUT2D eigenvalue weighted by Crippen LogP contribution is -2.47. The molecule has 122 valence electrons. The summed E-state index contributed by atoms with van der Waals surface area (Å²) in [7, 11) is 1.57. The van der Waals surface area contributed by atoms with Crippen LogP contribution in [0.5, 0.6) is 5.75 Å². The lowest BCUT2D eigenvalue weighted by molar-refractivity contribution is -0.146. The zero-order chi connectivity index (χ0) is 17.1. The van der Waals surface area contributed by atoms with E-state index < -0.39 is 12.0 Å². The van der Waals surface area contributed by atoms with Crippen molar-refractivity contribution in [1.82, 2.24) is 4.90 Å². The minimum absolute atomic E-state index is 0.244. The first-order chi connectivity index (χ1) is 10.8. The molecule has 1 N–H and O–H groups in total. The molecule has 1 aromatic rings. The van der Waals surface area contributed by atoms with E-state index in [1.165, 1.54) is 4.90 Å². The first kappa shape index (κ1) is 17.5. The van der Waals surface area contributed by atoms with Crippen LogP contribution < -0.4 is 4.74 Å². The summed E-state index contributed by atoms with van der Waals surface area (Å²) in [5.41, 5.74) is 0.793. The van der Waals surface area contributed by atoms with Gasteiger partial charge >= 0.3 is 5.97 Å². The first-order valence-electron chi connectivity index (χ1n) is 6.99. The van der Waals surface area contributed by atoms with E-state index in [0.717, 1.165) is 17.3 Å². The summed E-state index contributed by atoms with van der Waals surface area (Å²) in [5, 5.41) is 9.39. The van der Waals surface area contributed by atoms with E-state index in [0.29, 0.717) is 10.7 Å². The molecule has 1 fully saturated rings. The van der Waals surface area contributed by atoms with Gasteiger partial charge in [0, 0.05) is 0 Å². The summed E-state index contributed by atoms with van der Waals surface area (Å²) in [4.78, 5) is 25.7. The van der Waals surface area contributed by atoms with Crippen LogP contribution >= 0.6 is 24.0 Å². The molecule has 0 saturated carbocycles. The minimum atomic E-state index is -1.06. The number of carbonyl (C=O) groups is 2. The highest BCUT2D eigenvalue weighted by Crippen LogP contribution is 2.35. The number of ether oxygens (including phenoxy) is 1. The number of hydrogen-bond acceptors (Lipinski definition) is 5. The molecule has 1 aliphatic heterocycles. The maximum atomic E-state index is 12.6. The van der Waals surface area contributed by atoms with Gasteiger partial charge in [-0.2, -0.15) is 0 Å². The van der Waals surface area contributed by atoms with Gasteiger partial charge in [0.05, 0.1) is 12.0 Å². The minimum Gasteiger partial charge on any atom is -0.497 e. The zero-order valence-electron chi connectivity index (χ0n) is 13.0. The predicted octanol–water partition coefficient (Wildman–Crippen LogP) is 3.01. The average Bonchev–Trinajstić information content (AvgIpc) is 2.75. The van der Waals surface area contributed by atoms with Crippen LogP contribution in [0.15, 0.2) is 29.2 Å². The maximum absolute atomic E-state index is 12.6. The SMILES string of the molecule is COc1cccc(/C=C2\SC(=S)N(C(C(=O)O)C(C)C)C2=O)c1. The van der Waals surface area contributed by atoms with E-state index in [9.17, 15) is 14.7 Å². The molecule has 1 unspecified atom stereocenters. The fourth-order valence-electron chi connectivity index (χ4n) is 2.30. The Labute approximate surface area is 144 Å². The second-order valence-electron chi connectivity index (χ2n) is 5.36. The van der Waals surface area contributed by atoms with E-state index in [4.69, 9.17) is 17.0 Å². The zero-order valence-corrected chi connectivity index (χ0v) is 14.6. The molecule has 1 amide bonds. The quantitative estimate of drug-likeness (QED) is 0.650. The number of thioether (sulfide) groups is 1. The Morgan fingerprint density at radius 3 is 2.70 bits per heavy atom. The van der Waals surface area contributed by atoms with E-state index in [2.05, 4.69) is 0 Å². The standard InChI is InChI=1S/C16H17NO4S2/c1-9(2)13(15(19)20)17-14(18)12(23-16(17)22)8-10-5-4-6-11(7-10)21-3/h4-9,13H,1-3H3,(H,19,20)/b12-8-. The van der Waals surface area contributed by atoms with Gasteiger partial charge in [0.25, 0.3) is 5.91 Å². The van der Waals surface area contributed by atoms with Crippen LogP contribution in [0.25, 0.3) is 6.08 Å². The van der Waals surface area contributed by atoms with Crippen LogP contribution in [-0.4, -0.2) is 39.4 Å². The topological polar surface area (TPSA) is 66.8 Å². The molecule has 2 rings (SSSR count). The molecule has 23 heavy (non-hydrogen) atoms. The Kier molecular flexibility index (Phi) is 5.43. The molecule has 1 aliphatic rings. The maximum Gasteiger partial charge on any atom is 0.327 e. The Balaban J connectivity index is 2.33. The largest absolute Gasteiger partial charge is 0.497 e. The third kappa shape index (κ3) is 3.73. The lowest BCUT2D eigenvalue weighted by atomic mass is 10.0. The van der Waals surface area contributed by atoms with Gasteiger partial charge in [-0.3, -0.25) is 9.69 Å². The van der Waals surface area contributed by atoms with Gasteiger partial charge in [-0.15, -0.1) is 0 Å². The van der Waals surface area contributed by atoms with Crippen LogP contribution in [0.2, 0.25) is 0 Å². The number of benzene rings is 1. The molecule has 0 radical (unpaired) electrons. The summed E-state index contributed by atoms with van der Waals surface area (Å²) in [5.74, 6) is -0.992. The van der Waals surface area contributed by atoms with Crippen molar-refractivity contribution in [2.24, 2.45) is 5.92 Å². The molecule has 7 heteroatoms. The van der Waals surface area contributed by atoms with Gasteiger partial charge in [-0.25, -0.2) is 4.79 Å². The number of hydrogen-bond donors (Lipinski definition) is 1. The van der Waals surface area contributed by atoms with E-state index in [1.807, 2.05) is 18.2 Å². The normalized spacial score (nSPS) is 17.9. The molecular weight excluding hydrogens is 334 g/mol. The van der Waals surface area contributed by atoms with Crippen LogP contribution in [0.3, 0.4) is 0 Å². The number of aliphatic carboxylic acids is 1. The number of amides is 1. The Morgan fingerprint density at radius 2 is 2.13 bits per heavy atom. The molecule has 0 spiro atoms. The van der Waals surface area contributed by atoms with Crippen molar-refractivity contribution in [3.8, 4) is 5.75 Å². The summed E-state index contributed by atoms with van der Waals surface area (Å²) < 4.78 is 5.42. The van der Waals surface area contributed by atoms with Gasteiger partial charge in [-0.1, -0.05) is 50.0 Å². The third-order valence-corrected chi connectivity index (χ3v) is 4.71. The Hall–Kier alpha value is -1.86.